The summed E-state index contributed by atoms with van der Waals surface area (Å²) in [4.78, 5) is 0. The third-order valence-corrected chi connectivity index (χ3v) is 13.5. The van der Waals surface area contributed by atoms with Gasteiger partial charge < -0.3 is 4.74 Å². The van der Waals surface area contributed by atoms with Gasteiger partial charge in [-0.25, -0.2) is 0 Å². The highest BCUT2D eigenvalue weighted by molar-refractivity contribution is 6.35. The first-order valence-electron chi connectivity index (χ1n) is 24.0. The number of halogens is 2. The summed E-state index contributed by atoms with van der Waals surface area (Å²) in [7, 11) is 0. The summed E-state index contributed by atoms with van der Waals surface area (Å²) < 4.78 is 7.50. The Hall–Kier alpha value is -3.26. The molecule has 0 saturated heterocycles. The highest BCUT2D eigenvalue weighted by Crippen LogP contribution is 2.49. The van der Waals surface area contributed by atoms with E-state index in [4.69, 9.17) is 27.9 Å². The Morgan fingerprint density at radius 3 is 0.932 bits per heavy atom. The molecule has 0 spiro atoms. The normalized spacial score (nSPS) is 11.8. The fourth-order valence-corrected chi connectivity index (χ4v) is 10.2. The largest absolute Gasteiger partial charge is 0.453 e. The van der Waals surface area contributed by atoms with Crippen LogP contribution in [0.25, 0.3) is 43.1 Å². The highest BCUT2D eigenvalue weighted by Gasteiger charge is 2.24. The number of hydrogen-bond donors (Lipinski definition) is 0. The molecule has 6 rings (SSSR count). The number of aryl methyl sites for hydroxylation is 4. The molecule has 0 fully saturated rings. The molecule has 0 atom stereocenters. The van der Waals surface area contributed by atoms with Gasteiger partial charge >= 0.3 is 0 Å². The lowest BCUT2D eigenvalue weighted by Crippen LogP contribution is -2.02. The van der Waals surface area contributed by atoms with Gasteiger partial charge in [0.05, 0.1) is 10.0 Å². The monoisotopic (exact) mass is 830 g/mol. The van der Waals surface area contributed by atoms with E-state index in [0.29, 0.717) is 10.0 Å². The molecule has 0 aromatic heterocycles. The van der Waals surface area contributed by atoms with E-state index in [1.54, 1.807) is 0 Å². The van der Waals surface area contributed by atoms with Gasteiger partial charge in [0.25, 0.3) is 0 Å². The minimum absolute atomic E-state index is 0.653. The van der Waals surface area contributed by atoms with Gasteiger partial charge in [0.2, 0.25) is 0 Å². The summed E-state index contributed by atoms with van der Waals surface area (Å²) >= 11 is 14.9. The molecule has 316 valence electrons. The van der Waals surface area contributed by atoms with Crippen molar-refractivity contribution in [1.29, 1.82) is 0 Å². The molecule has 3 heteroatoms. The molecule has 0 bridgehead atoms. The van der Waals surface area contributed by atoms with Crippen LogP contribution < -0.4 is 4.74 Å². The Labute approximate surface area is 367 Å². The number of rotatable bonds is 26. The molecule has 0 radical (unpaired) electrons. The van der Waals surface area contributed by atoms with Crippen molar-refractivity contribution in [2.24, 2.45) is 0 Å². The zero-order valence-electron chi connectivity index (χ0n) is 37.1. The predicted molar refractivity (Wildman–Crippen MR) is 263 cm³/mol. The van der Waals surface area contributed by atoms with E-state index in [9.17, 15) is 0 Å². The first kappa shape index (κ1) is 45.3. The molecule has 6 aromatic carbocycles. The summed E-state index contributed by atoms with van der Waals surface area (Å²) in [6.45, 7) is 9.18. The molecule has 6 aromatic rings. The summed E-state index contributed by atoms with van der Waals surface area (Å²) in [5, 5.41) is 11.7. The minimum Gasteiger partial charge on any atom is -0.453 e. The summed E-state index contributed by atoms with van der Waals surface area (Å²) in [6, 6.07) is 27.0. The topological polar surface area (TPSA) is 9.23 Å². The lowest BCUT2D eigenvalue weighted by Gasteiger charge is -2.23. The van der Waals surface area contributed by atoms with Crippen molar-refractivity contribution in [3.63, 3.8) is 0 Å². The number of ether oxygens (including phenoxy) is 1. The number of fused-ring (bicyclic) bond motifs is 4. The average Bonchev–Trinajstić information content (AvgIpc) is 3.25. The smallest absolute Gasteiger partial charge is 0.154 e. The zero-order valence-corrected chi connectivity index (χ0v) is 38.6. The van der Waals surface area contributed by atoms with Crippen LogP contribution in [0.4, 0.5) is 0 Å². The highest BCUT2D eigenvalue weighted by atomic mass is 35.5. The van der Waals surface area contributed by atoms with Gasteiger partial charge in [-0.05, 0) is 118 Å². The van der Waals surface area contributed by atoms with Crippen LogP contribution in [0.15, 0.2) is 72.8 Å². The molecule has 0 aliphatic rings. The number of benzene rings is 6. The third-order valence-electron chi connectivity index (χ3n) is 13.0. The molecule has 0 saturated carbocycles. The van der Waals surface area contributed by atoms with Crippen molar-refractivity contribution in [3.8, 4) is 11.5 Å². The standard InChI is InChI=1S/C56H72Cl2O/c1-5-9-13-17-21-29-45-41-31-25-27-33-43(41)47(35-23-19-15-11-7-3)53-49(45)37-39-51(57)55(53)59-56-52(58)40-38-50-46(30-22-18-14-10-6-2)42-32-26-28-34-44(42)48(54(50)56)36-24-20-16-12-8-4/h25-28,31-34,37-40H,5-24,29-30,35-36H2,1-4H3. The van der Waals surface area contributed by atoms with Gasteiger partial charge in [0.15, 0.2) is 11.5 Å². The molecule has 0 N–H and O–H groups in total. The average molecular weight is 832 g/mol. The van der Waals surface area contributed by atoms with Crippen LogP contribution in [0.1, 0.15) is 178 Å². The van der Waals surface area contributed by atoms with Crippen LogP contribution in [-0.2, 0) is 25.7 Å². The summed E-state index contributed by atoms with van der Waals surface area (Å²) in [5.74, 6) is 1.53. The molecule has 59 heavy (non-hydrogen) atoms. The van der Waals surface area contributed by atoms with Crippen LogP contribution in [0.3, 0.4) is 0 Å². The van der Waals surface area contributed by atoms with Gasteiger partial charge in [0.1, 0.15) is 0 Å². The maximum Gasteiger partial charge on any atom is 0.154 e. The van der Waals surface area contributed by atoms with Crippen LogP contribution in [0.2, 0.25) is 10.0 Å². The minimum atomic E-state index is 0.653. The van der Waals surface area contributed by atoms with Crippen LogP contribution in [0.5, 0.6) is 11.5 Å². The molecule has 0 aliphatic carbocycles. The molecule has 1 nitrogen and oxygen atoms in total. The van der Waals surface area contributed by atoms with Crippen LogP contribution in [-0.4, -0.2) is 0 Å². The van der Waals surface area contributed by atoms with E-state index in [-0.39, 0.29) is 0 Å². The first-order chi connectivity index (χ1) is 29.0. The molecule has 0 heterocycles. The first-order valence-corrected chi connectivity index (χ1v) is 24.8. The molecule has 0 aliphatic heterocycles. The zero-order chi connectivity index (χ0) is 41.4. The van der Waals surface area contributed by atoms with Crippen molar-refractivity contribution >= 4 is 66.3 Å². The van der Waals surface area contributed by atoms with E-state index >= 15 is 0 Å². The van der Waals surface area contributed by atoms with Gasteiger partial charge in [-0.1, -0.05) is 214 Å². The second kappa shape index (κ2) is 23.7. The maximum atomic E-state index is 7.50. The Morgan fingerprint density at radius 1 is 0.322 bits per heavy atom. The van der Waals surface area contributed by atoms with E-state index < -0.39 is 0 Å². The molecule has 0 unspecified atom stereocenters. The van der Waals surface area contributed by atoms with Crippen molar-refractivity contribution < 1.29 is 4.74 Å². The van der Waals surface area contributed by atoms with Gasteiger partial charge in [-0.2, -0.15) is 0 Å². The second-order valence-electron chi connectivity index (χ2n) is 17.4. The van der Waals surface area contributed by atoms with Crippen molar-refractivity contribution in [1.82, 2.24) is 0 Å². The maximum absolute atomic E-state index is 7.50. The second-order valence-corrected chi connectivity index (χ2v) is 18.2. The van der Waals surface area contributed by atoms with Gasteiger partial charge in [0, 0.05) is 10.8 Å². The number of unbranched alkanes of at least 4 members (excludes halogenated alkanes) is 16. The van der Waals surface area contributed by atoms with Crippen molar-refractivity contribution in [3.05, 3.63) is 105 Å². The molecule has 0 amide bonds. The summed E-state index contributed by atoms with van der Waals surface area (Å²) in [5.41, 5.74) is 5.59. The Kier molecular flexibility index (Phi) is 18.2. The van der Waals surface area contributed by atoms with Crippen LogP contribution in [0, 0.1) is 0 Å². The SMILES string of the molecule is CCCCCCCc1c2ccccc2c(CCCCCCC)c2c(Oc3c(Cl)ccc4c(CCCCCCC)c5ccccc5c(CCCCCCC)c34)c(Cl)ccc12. The fraction of sp³-hybridized carbons (Fsp3) is 0.500. The van der Waals surface area contributed by atoms with Crippen molar-refractivity contribution in [2.45, 2.75) is 182 Å². The third kappa shape index (κ3) is 11.2. The lowest BCUT2D eigenvalue weighted by molar-refractivity contribution is 0.493. The lowest BCUT2D eigenvalue weighted by atomic mass is 9.86. The van der Waals surface area contributed by atoms with E-state index in [2.05, 4.69) is 100 Å². The Morgan fingerprint density at radius 2 is 0.610 bits per heavy atom. The fourth-order valence-electron chi connectivity index (χ4n) is 9.78. The van der Waals surface area contributed by atoms with Crippen LogP contribution >= 0.6 is 23.2 Å². The van der Waals surface area contributed by atoms with Gasteiger partial charge in [-0.15, -0.1) is 0 Å². The molecular weight excluding hydrogens is 760 g/mol. The van der Waals surface area contributed by atoms with Crippen molar-refractivity contribution in [2.75, 3.05) is 0 Å². The quantitative estimate of drug-likeness (QED) is 0.0391. The van der Waals surface area contributed by atoms with E-state index in [0.717, 1.165) is 50.0 Å². The van der Waals surface area contributed by atoms with E-state index in [1.165, 1.54) is 181 Å². The summed E-state index contributed by atoms with van der Waals surface area (Å²) in [6.07, 6.45) is 29.0. The van der Waals surface area contributed by atoms with E-state index in [1.807, 2.05) is 0 Å². The number of hydrogen-bond acceptors (Lipinski definition) is 1. The molecular formula is C56H72Cl2O. The predicted octanol–water partition coefficient (Wildman–Crippen LogP) is 19.5. The Bertz CT molecular complexity index is 2090. The Balaban J connectivity index is 1.57. The van der Waals surface area contributed by atoms with Gasteiger partial charge in [-0.3, -0.25) is 0 Å².